The van der Waals surface area contributed by atoms with Gasteiger partial charge in [-0.15, -0.1) is 11.8 Å². The average Bonchev–Trinajstić information content (AvgIpc) is 3.18. The number of anilines is 1. The standard InChI is InChI=1S/C30H30N2O5S/c1-30(2)25(29(36)37-19-21-14-8-4-9-15-21)32-26(34)23(28(32)38-30)24(33)27(35)31(22-16-10-5-11-17-22)18-20-12-6-3-7-13-20/h3-17,23-25,28,33H,18-19H2,1-2H3/t23-,24+,25+,28-/m1/s1. The van der Waals surface area contributed by atoms with Crippen molar-refractivity contribution in [1.29, 1.82) is 0 Å². The van der Waals surface area contributed by atoms with E-state index in [9.17, 15) is 19.5 Å². The third-order valence-electron chi connectivity index (χ3n) is 7.04. The molecule has 7 nitrogen and oxygen atoms in total. The number of ether oxygens (including phenoxy) is 1. The molecule has 2 amide bonds. The second-order valence-electron chi connectivity index (χ2n) is 10.1. The van der Waals surface area contributed by atoms with Crippen LogP contribution in [0.4, 0.5) is 5.69 Å². The van der Waals surface area contributed by atoms with Gasteiger partial charge in [0.05, 0.1) is 11.9 Å². The summed E-state index contributed by atoms with van der Waals surface area (Å²) in [5, 5.41) is 10.7. The molecule has 2 heterocycles. The molecule has 0 bridgehead atoms. The molecule has 0 saturated carbocycles. The van der Waals surface area contributed by atoms with Crippen LogP contribution in [0.15, 0.2) is 91.0 Å². The molecule has 1 N–H and O–H groups in total. The first-order valence-corrected chi connectivity index (χ1v) is 13.4. The molecule has 0 aliphatic carbocycles. The fourth-order valence-corrected chi connectivity index (χ4v) is 6.82. The zero-order valence-electron chi connectivity index (χ0n) is 21.3. The number of rotatable bonds is 8. The molecule has 38 heavy (non-hydrogen) atoms. The Labute approximate surface area is 226 Å². The van der Waals surface area contributed by atoms with Gasteiger partial charge in [-0.25, -0.2) is 4.79 Å². The lowest BCUT2D eigenvalue weighted by Gasteiger charge is -2.45. The summed E-state index contributed by atoms with van der Waals surface area (Å²) in [4.78, 5) is 43.1. The first-order chi connectivity index (χ1) is 18.3. The number of carbonyl (C=O) groups is 3. The number of para-hydroxylation sites is 1. The van der Waals surface area contributed by atoms with Crippen molar-refractivity contribution in [2.75, 3.05) is 4.90 Å². The van der Waals surface area contributed by atoms with E-state index in [-0.39, 0.29) is 13.2 Å². The molecule has 0 unspecified atom stereocenters. The number of esters is 1. The van der Waals surface area contributed by atoms with Gasteiger partial charge in [0.25, 0.3) is 5.91 Å². The third kappa shape index (κ3) is 4.93. The highest BCUT2D eigenvalue weighted by Gasteiger charge is 2.66. The zero-order valence-corrected chi connectivity index (χ0v) is 22.1. The number of aliphatic hydroxyl groups excluding tert-OH is 1. The van der Waals surface area contributed by atoms with Crippen LogP contribution in [0.5, 0.6) is 0 Å². The van der Waals surface area contributed by atoms with E-state index in [2.05, 4.69) is 0 Å². The molecule has 196 valence electrons. The Bertz CT molecular complexity index is 1300. The minimum atomic E-state index is -1.55. The summed E-state index contributed by atoms with van der Waals surface area (Å²) in [5.41, 5.74) is 2.39. The highest BCUT2D eigenvalue weighted by Crippen LogP contribution is 2.54. The molecule has 0 spiro atoms. The lowest BCUT2D eigenvalue weighted by molar-refractivity contribution is -0.173. The van der Waals surface area contributed by atoms with Crippen LogP contribution >= 0.6 is 11.8 Å². The van der Waals surface area contributed by atoms with E-state index in [1.54, 1.807) is 12.1 Å². The lowest BCUT2D eigenvalue weighted by atomic mass is 9.87. The molecule has 5 rings (SSSR count). The van der Waals surface area contributed by atoms with E-state index in [0.717, 1.165) is 11.1 Å². The number of nitrogens with zero attached hydrogens (tertiary/aromatic N) is 2. The van der Waals surface area contributed by atoms with Crippen LogP contribution in [-0.2, 0) is 32.3 Å². The normalized spacial score (nSPS) is 22.2. The van der Waals surface area contributed by atoms with E-state index in [0.29, 0.717) is 5.69 Å². The number of β-lactam (4-membered cyclic amide) rings is 1. The van der Waals surface area contributed by atoms with Crippen molar-refractivity contribution >= 4 is 35.2 Å². The summed E-state index contributed by atoms with van der Waals surface area (Å²) < 4.78 is 4.93. The van der Waals surface area contributed by atoms with E-state index < -0.39 is 46.0 Å². The van der Waals surface area contributed by atoms with Crippen molar-refractivity contribution < 1.29 is 24.2 Å². The van der Waals surface area contributed by atoms with Crippen LogP contribution in [-0.4, -0.2) is 50.1 Å². The van der Waals surface area contributed by atoms with Gasteiger partial charge in [-0.1, -0.05) is 78.9 Å². The number of amides is 2. The van der Waals surface area contributed by atoms with E-state index in [1.807, 2.05) is 92.7 Å². The summed E-state index contributed by atoms with van der Waals surface area (Å²) in [6, 6.07) is 27.1. The number of fused-ring (bicyclic) bond motifs is 1. The Kier molecular flexibility index (Phi) is 7.27. The second-order valence-corrected chi connectivity index (χ2v) is 11.8. The Hall–Kier alpha value is -3.62. The van der Waals surface area contributed by atoms with Gasteiger partial charge in [0, 0.05) is 10.4 Å². The number of thioether (sulfide) groups is 1. The largest absolute Gasteiger partial charge is 0.459 e. The number of benzene rings is 3. The molecule has 2 aliphatic rings. The van der Waals surface area contributed by atoms with Crippen LogP contribution in [0.1, 0.15) is 25.0 Å². The third-order valence-corrected chi connectivity index (χ3v) is 8.63. The quantitative estimate of drug-likeness (QED) is 0.350. The molecule has 0 radical (unpaired) electrons. The van der Waals surface area contributed by atoms with Gasteiger partial charge in [-0.05, 0) is 37.1 Å². The van der Waals surface area contributed by atoms with Crippen molar-refractivity contribution in [3.8, 4) is 0 Å². The van der Waals surface area contributed by atoms with E-state index in [1.165, 1.54) is 21.6 Å². The highest BCUT2D eigenvalue weighted by atomic mass is 32.2. The number of hydrogen-bond donors (Lipinski definition) is 1. The first-order valence-electron chi connectivity index (χ1n) is 12.6. The maximum Gasteiger partial charge on any atom is 0.330 e. The summed E-state index contributed by atoms with van der Waals surface area (Å²) in [6.45, 7) is 4.13. The molecule has 8 heteroatoms. The van der Waals surface area contributed by atoms with Gasteiger partial charge in [0.15, 0.2) is 0 Å². The number of carbonyl (C=O) groups excluding carboxylic acids is 3. The van der Waals surface area contributed by atoms with Gasteiger partial charge in [0.2, 0.25) is 5.91 Å². The van der Waals surface area contributed by atoms with Crippen LogP contribution in [0, 0.1) is 5.92 Å². The fourth-order valence-electron chi connectivity index (χ4n) is 5.10. The van der Waals surface area contributed by atoms with Crippen molar-refractivity contribution in [1.82, 2.24) is 4.90 Å². The summed E-state index contributed by atoms with van der Waals surface area (Å²) >= 11 is 1.42. The maximum atomic E-state index is 13.7. The lowest BCUT2D eigenvalue weighted by Crippen LogP contribution is -2.67. The molecular weight excluding hydrogens is 500 g/mol. The van der Waals surface area contributed by atoms with Gasteiger partial charge in [-0.3, -0.25) is 9.59 Å². The van der Waals surface area contributed by atoms with Gasteiger partial charge >= 0.3 is 5.97 Å². The molecule has 2 saturated heterocycles. The molecule has 3 aromatic rings. The van der Waals surface area contributed by atoms with E-state index in [4.69, 9.17) is 4.74 Å². The molecule has 3 aromatic carbocycles. The molecule has 0 aromatic heterocycles. The average molecular weight is 531 g/mol. The number of hydrogen-bond acceptors (Lipinski definition) is 6. The van der Waals surface area contributed by atoms with Crippen LogP contribution in [0.25, 0.3) is 0 Å². The summed E-state index contributed by atoms with van der Waals surface area (Å²) in [6.07, 6.45) is -1.55. The van der Waals surface area contributed by atoms with Gasteiger partial charge < -0.3 is 19.6 Å². The molecule has 2 fully saturated rings. The molecule has 4 atom stereocenters. The number of aliphatic hydroxyl groups is 1. The fraction of sp³-hybridized carbons (Fsp3) is 0.300. The predicted octanol–water partition coefficient (Wildman–Crippen LogP) is 4.00. The zero-order chi connectivity index (χ0) is 26.9. The predicted molar refractivity (Wildman–Crippen MR) is 146 cm³/mol. The van der Waals surface area contributed by atoms with Crippen molar-refractivity contribution in [2.45, 2.75) is 49.3 Å². The Balaban J connectivity index is 1.33. The van der Waals surface area contributed by atoms with Gasteiger partial charge in [0.1, 0.15) is 24.7 Å². The second kappa shape index (κ2) is 10.6. The van der Waals surface area contributed by atoms with E-state index >= 15 is 0 Å². The Morgan fingerprint density at radius 1 is 0.947 bits per heavy atom. The van der Waals surface area contributed by atoms with Crippen molar-refractivity contribution in [3.05, 3.63) is 102 Å². The summed E-state index contributed by atoms with van der Waals surface area (Å²) in [5.74, 6) is -2.40. The minimum absolute atomic E-state index is 0.111. The van der Waals surface area contributed by atoms with Crippen molar-refractivity contribution in [2.24, 2.45) is 5.92 Å². The summed E-state index contributed by atoms with van der Waals surface area (Å²) in [7, 11) is 0. The monoisotopic (exact) mass is 530 g/mol. The molecular formula is C30H30N2O5S. The smallest absolute Gasteiger partial charge is 0.330 e. The highest BCUT2D eigenvalue weighted by molar-refractivity contribution is 8.01. The first kappa shape index (κ1) is 26.0. The Morgan fingerprint density at radius 3 is 2.11 bits per heavy atom. The van der Waals surface area contributed by atoms with Crippen LogP contribution in [0.3, 0.4) is 0 Å². The molecule has 2 aliphatic heterocycles. The Morgan fingerprint density at radius 2 is 1.50 bits per heavy atom. The maximum absolute atomic E-state index is 13.7. The van der Waals surface area contributed by atoms with Crippen LogP contribution < -0.4 is 4.90 Å². The minimum Gasteiger partial charge on any atom is -0.459 e. The SMILES string of the molecule is CC1(C)S[C@@H]2[C@H]([C@H](O)C(=O)N(Cc3ccccc3)c3ccccc3)C(=O)N2[C@H]1C(=O)OCc1ccccc1. The van der Waals surface area contributed by atoms with Gasteiger partial charge in [-0.2, -0.15) is 0 Å². The topological polar surface area (TPSA) is 87.2 Å². The van der Waals surface area contributed by atoms with Crippen molar-refractivity contribution in [3.63, 3.8) is 0 Å². The van der Waals surface area contributed by atoms with Crippen LogP contribution in [0.2, 0.25) is 0 Å².